The summed E-state index contributed by atoms with van der Waals surface area (Å²) in [6.07, 6.45) is 2.89. The van der Waals surface area contributed by atoms with Gasteiger partial charge in [-0.3, -0.25) is 10.2 Å². The lowest BCUT2D eigenvalue weighted by molar-refractivity contribution is -0.102. The Morgan fingerprint density at radius 3 is 3.09 bits per heavy atom. The molecular formula is C7H12N2OS. The van der Waals surface area contributed by atoms with Gasteiger partial charge in [0, 0.05) is 11.8 Å². The molecule has 62 valence electrons. The van der Waals surface area contributed by atoms with Crippen LogP contribution in [0.15, 0.2) is 0 Å². The van der Waals surface area contributed by atoms with E-state index in [9.17, 15) is 4.79 Å². The van der Waals surface area contributed by atoms with Crippen molar-refractivity contribution in [2.45, 2.75) is 18.1 Å². The number of nitrogens with one attached hydrogen (secondary N) is 2. The van der Waals surface area contributed by atoms with Crippen molar-refractivity contribution < 1.29 is 4.79 Å². The molecule has 0 saturated carbocycles. The quantitative estimate of drug-likeness (QED) is 0.365. The summed E-state index contributed by atoms with van der Waals surface area (Å²) >= 11 is 1.37. The van der Waals surface area contributed by atoms with Crippen molar-refractivity contribution >= 4 is 23.1 Å². The topological polar surface area (TPSA) is 53.0 Å². The van der Waals surface area contributed by atoms with Crippen LogP contribution in [0.5, 0.6) is 0 Å². The molecule has 0 bridgehead atoms. The normalized spacial score (nSPS) is 24.5. The molecule has 1 unspecified atom stereocenters. The summed E-state index contributed by atoms with van der Waals surface area (Å²) in [4.78, 5) is 10.1. The van der Waals surface area contributed by atoms with Crippen molar-refractivity contribution in [3.05, 3.63) is 0 Å². The van der Waals surface area contributed by atoms with Crippen molar-refractivity contribution in [2.24, 2.45) is 0 Å². The van der Waals surface area contributed by atoms with E-state index in [0.29, 0.717) is 11.5 Å². The van der Waals surface area contributed by atoms with E-state index >= 15 is 0 Å². The van der Waals surface area contributed by atoms with E-state index in [2.05, 4.69) is 5.32 Å². The first kappa shape index (κ1) is 8.74. The Bertz CT molecular complexity index is 155. The smallest absolute Gasteiger partial charge is 0.174 e. The van der Waals surface area contributed by atoms with Crippen molar-refractivity contribution in [2.75, 3.05) is 13.1 Å². The van der Waals surface area contributed by atoms with Gasteiger partial charge < -0.3 is 5.32 Å². The second-order valence-electron chi connectivity index (χ2n) is 2.57. The molecule has 1 atom stereocenters. The summed E-state index contributed by atoms with van der Waals surface area (Å²) in [7, 11) is 0. The third kappa shape index (κ3) is 3.03. The molecule has 1 fully saturated rings. The van der Waals surface area contributed by atoms with Crippen LogP contribution in [0.4, 0.5) is 0 Å². The number of hydrogen-bond donors (Lipinski definition) is 2. The van der Waals surface area contributed by atoms with Gasteiger partial charge in [-0.05, 0) is 19.4 Å². The molecule has 1 saturated heterocycles. The molecule has 0 aromatic carbocycles. The number of hydrogen-bond acceptors (Lipinski definition) is 4. The van der Waals surface area contributed by atoms with E-state index in [-0.39, 0.29) is 5.04 Å². The average molecular weight is 172 g/mol. The maximum Gasteiger partial charge on any atom is 0.174 e. The standard InChI is InChI=1S/C7H12N2OS/c8-7(5-10)11-6-2-1-3-9-4-6/h5-6,8-9H,1-4H2. The van der Waals surface area contributed by atoms with Crippen molar-refractivity contribution in [3.8, 4) is 0 Å². The summed E-state index contributed by atoms with van der Waals surface area (Å²) in [5.41, 5.74) is 0. The van der Waals surface area contributed by atoms with Crippen LogP contribution in [0, 0.1) is 5.41 Å². The summed E-state index contributed by atoms with van der Waals surface area (Å²) in [5.74, 6) is 0. The van der Waals surface area contributed by atoms with Crippen LogP contribution in [0.2, 0.25) is 0 Å². The Morgan fingerprint density at radius 2 is 2.55 bits per heavy atom. The number of carbonyl (C=O) groups excluding carboxylic acids is 1. The van der Waals surface area contributed by atoms with Gasteiger partial charge in [-0.1, -0.05) is 11.8 Å². The number of thioether (sulfide) groups is 1. The monoisotopic (exact) mass is 172 g/mol. The lowest BCUT2D eigenvalue weighted by atomic mass is 10.2. The molecule has 1 rings (SSSR count). The first-order valence-electron chi connectivity index (χ1n) is 3.74. The van der Waals surface area contributed by atoms with Crippen LogP contribution in [-0.2, 0) is 4.79 Å². The Hall–Kier alpha value is -0.350. The Balaban J connectivity index is 2.24. The lowest BCUT2D eigenvalue weighted by Gasteiger charge is -2.20. The number of piperidine rings is 1. The van der Waals surface area contributed by atoms with Gasteiger partial charge in [-0.2, -0.15) is 0 Å². The zero-order chi connectivity index (χ0) is 8.10. The van der Waals surface area contributed by atoms with E-state index in [0.717, 1.165) is 25.9 Å². The van der Waals surface area contributed by atoms with Crippen LogP contribution in [0.1, 0.15) is 12.8 Å². The first-order valence-corrected chi connectivity index (χ1v) is 4.62. The van der Waals surface area contributed by atoms with Crippen molar-refractivity contribution in [1.29, 1.82) is 5.41 Å². The largest absolute Gasteiger partial charge is 0.316 e. The van der Waals surface area contributed by atoms with Crippen molar-refractivity contribution in [3.63, 3.8) is 0 Å². The zero-order valence-electron chi connectivity index (χ0n) is 6.30. The predicted molar refractivity (Wildman–Crippen MR) is 47.3 cm³/mol. The highest BCUT2D eigenvalue weighted by atomic mass is 32.2. The Kier molecular flexibility index (Phi) is 3.59. The lowest BCUT2D eigenvalue weighted by Crippen LogP contribution is -2.32. The molecule has 11 heavy (non-hydrogen) atoms. The summed E-state index contributed by atoms with van der Waals surface area (Å²) in [6, 6.07) is 0. The molecule has 0 aromatic heterocycles. The molecule has 1 heterocycles. The molecule has 1 aliphatic heterocycles. The fourth-order valence-corrected chi connectivity index (χ4v) is 2.03. The molecule has 2 N–H and O–H groups in total. The Labute approximate surface area is 70.4 Å². The van der Waals surface area contributed by atoms with Crippen molar-refractivity contribution in [1.82, 2.24) is 5.32 Å². The minimum atomic E-state index is 0.152. The van der Waals surface area contributed by atoms with E-state index < -0.39 is 0 Å². The fourth-order valence-electron chi connectivity index (χ4n) is 1.13. The van der Waals surface area contributed by atoms with Gasteiger partial charge in [-0.25, -0.2) is 0 Å². The molecule has 0 amide bonds. The fraction of sp³-hybridized carbons (Fsp3) is 0.714. The summed E-state index contributed by atoms with van der Waals surface area (Å²) in [6.45, 7) is 2.01. The molecule has 0 aromatic rings. The molecule has 3 nitrogen and oxygen atoms in total. The number of rotatable bonds is 2. The first-order chi connectivity index (χ1) is 5.33. The summed E-state index contributed by atoms with van der Waals surface area (Å²) < 4.78 is 0. The number of aldehydes is 1. The maximum absolute atomic E-state index is 10.1. The van der Waals surface area contributed by atoms with Gasteiger partial charge in [0.1, 0.15) is 5.04 Å². The Morgan fingerprint density at radius 1 is 1.73 bits per heavy atom. The molecule has 0 spiro atoms. The minimum Gasteiger partial charge on any atom is -0.316 e. The SMILES string of the molecule is N=C(C=O)SC1CCCNC1. The van der Waals surface area contributed by atoms with Crippen LogP contribution in [-0.4, -0.2) is 29.7 Å². The third-order valence-electron chi connectivity index (χ3n) is 1.65. The minimum absolute atomic E-state index is 0.152. The van der Waals surface area contributed by atoms with Crippen LogP contribution in [0.3, 0.4) is 0 Å². The third-order valence-corrected chi connectivity index (χ3v) is 2.74. The van der Waals surface area contributed by atoms with Crippen LogP contribution in [0.25, 0.3) is 0 Å². The molecule has 0 radical (unpaired) electrons. The van der Waals surface area contributed by atoms with Gasteiger partial charge in [0.15, 0.2) is 6.29 Å². The molecular weight excluding hydrogens is 160 g/mol. The van der Waals surface area contributed by atoms with Gasteiger partial charge in [0.05, 0.1) is 0 Å². The van der Waals surface area contributed by atoms with Gasteiger partial charge in [0.25, 0.3) is 0 Å². The highest BCUT2D eigenvalue weighted by Gasteiger charge is 2.14. The van der Waals surface area contributed by atoms with E-state index in [1.54, 1.807) is 0 Å². The van der Waals surface area contributed by atoms with Crippen LogP contribution >= 0.6 is 11.8 Å². The van der Waals surface area contributed by atoms with Gasteiger partial charge in [-0.15, -0.1) is 0 Å². The van der Waals surface area contributed by atoms with Gasteiger partial charge >= 0.3 is 0 Å². The predicted octanol–water partition coefficient (Wildman–Crippen LogP) is 0.648. The molecule has 1 aliphatic rings. The van der Waals surface area contributed by atoms with Crippen LogP contribution < -0.4 is 5.32 Å². The highest BCUT2D eigenvalue weighted by molar-refractivity contribution is 8.15. The second kappa shape index (κ2) is 4.51. The average Bonchev–Trinajstić information content (AvgIpc) is 2.06. The zero-order valence-corrected chi connectivity index (χ0v) is 7.12. The van der Waals surface area contributed by atoms with Gasteiger partial charge in [0.2, 0.25) is 0 Å². The second-order valence-corrected chi connectivity index (χ2v) is 3.91. The van der Waals surface area contributed by atoms with E-state index in [1.165, 1.54) is 11.8 Å². The van der Waals surface area contributed by atoms with E-state index in [1.807, 2.05) is 0 Å². The highest BCUT2D eigenvalue weighted by Crippen LogP contribution is 2.18. The molecule has 0 aliphatic carbocycles. The number of carbonyl (C=O) groups is 1. The molecule has 4 heteroatoms. The van der Waals surface area contributed by atoms with E-state index in [4.69, 9.17) is 5.41 Å². The summed E-state index contributed by atoms with van der Waals surface area (Å²) in [5, 5.41) is 11.0. The maximum atomic E-state index is 10.1.